The summed E-state index contributed by atoms with van der Waals surface area (Å²) < 4.78 is 5.36. The monoisotopic (exact) mass is 420 g/mol. The van der Waals surface area contributed by atoms with E-state index in [1.54, 1.807) is 12.1 Å². The summed E-state index contributed by atoms with van der Waals surface area (Å²) >= 11 is 0. The van der Waals surface area contributed by atoms with Crippen LogP contribution in [-0.4, -0.2) is 39.0 Å². The van der Waals surface area contributed by atoms with E-state index in [0.29, 0.717) is 36.8 Å². The number of carbonyl (C=O) groups is 1. The van der Waals surface area contributed by atoms with Crippen LogP contribution in [0, 0.1) is 16.0 Å². The molecule has 0 atom stereocenters. The molecule has 0 radical (unpaired) electrons. The maximum Gasteiger partial charge on any atom is 0.269 e. The van der Waals surface area contributed by atoms with Gasteiger partial charge in [0.15, 0.2) is 0 Å². The highest BCUT2D eigenvalue weighted by Gasteiger charge is 2.29. The molecule has 0 saturated heterocycles. The van der Waals surface area contributed by atoms with Crippen molar-refractivity contribution in [2.45, 2.75) is 32.1 Å². The molecule has 1 aliphatic rings. The van der Waals surface area contributed by atoms with E-state index in [4.69, 9.17) is 4.52 Å². The van der Waals surface area contributed by atoms with Crippen molar-refractivity contribution in [3.63, 3.8) is 0 Å². The highest BCUT2D eigenvalue weighted by atomic mass is 16.6. The van der Waals surface area contributed by atoms with Gasteiger partial charge in [-0.2, -0.15) is 4.98 Å². The Hall–Kier alpha value is -3.55. The molecule has 2 aromatic carbocycles. The molecule has 8 heteroatoms. The molecule has 0 bridgehead atoms. The van der Waals surface area contributed by atoms with E-state index in [0.717, 1.165) is 25.7 Å². The number of nitro benzene ring substituents is 1. The van der Waals surface area contributed by atoms with Crippen LogP contribution in [0.15, 0.2) is 59.1 Å². The third-order valence-electron chi connectivity index (χ3n) is 5.68. The fraction of sp³-hybridized carbons (Fsp3) is 0.348. The van der Waals surface area contributed by atoms with E-state index >= 15 is 0 Å². The molecule has 0 N–H and O–H groups in total. The van der Waals surface area contributed by atoms with E-state index in [1.807, 2.05) is 23.1 Å². The minimum absolute atomic E-state index is 0.0102. The average Bonchev–Trinajstić information content (AvgIpc) is 3.22. The topological polar surface area (TPSA) is 102 Å². The van der Waals surface area contributed by atoms with Gasteiger partial charge >= 0.3 is 0 Å². The van der Waals surface area contributed by atoms with Gasteiger partial charge < -0.3 is 9.42 Å². The smallest absolute Gasteiger partial charge is 0.269 e. The Morgan fingerprint density at radius 2 is 1.77 bits per heavy atom. The Kier molecular flexibility index (Phi) is 6.35. The lowest BCUT2D eigenvalue weighted by Crippen LogP contribution is -2.41. The number of non-ortho nitro benzene ring substituents is 1. The van der Waals surface area contributed by atoms with Crippen molar-refractivity contribution in [3.8, 4) is 11.4 Å². The van der Waals surface area contributed by atoms with Crippen molar-refractivity contribution in [1.29, 1.82) is 0 Å². The summed E-state index contributed by atoms with van der Waals surface area (Å²) in [5.74, 6) is 1.16. The predicted molar refractivity (Wildman–Crippen MR) is 114 cm³/mol. The lowest BCUT2D eigenvalue weighted by molar-refractivity contribution is -0.384. The summed E-state index contributed by atoms with van der Waals surface area (Å²) in [4.78, 5) is 29.5. The van der Waals surface area contributed by atoms with Crippen LogP contribution in [0.25, 0.3) is 11.4 Å². The van der Waals surface area contributed by atoms with Gasteiger partial charge in [0.1, 0.15) is 0 Å². The van der Waals surface area contributed by atoms with Crippen LogP contribution < -0.4 is 0 Å². The zero-order valence-electron chi connectivity index (χ0n) is 17.1. The number of carbonyl (C=O) groups excluding carboxylic acids is 1. The largest absolute Gasteiger partial charge is 0.342 e. The third-order valence-corrected chi connectivity index (χ3v) is 5.68. The summed E-state index contributed by atoms with van der Waals surface area (Å²) in [6.07, 6.45) is 4.31. The molecule has 1 aromatic heterocycles. The first kappa shape index (κ1) is 20.7. The molecule has 0 unspecified atom stereocenters. The quantitative estimate of drug-likeness (QED) is 0.382. The number of hydrogen-bond donors (Lipinski definition) is 0. The van der Waals surface area contributed by atoms with Gasteiger partial charge in [-0.05, 0) is 37.0 Å². The van der Waals surface area contributed by atoms with E-state index in [-0.39, 0.29) is 17.5 Å². The van der Waals surface area contributed by atoms with Gasteiger partial charge in [-0.25, -0.2) is 0 Å². The first-order valence-electron chi connectivity index (χ1n) is 10.5. The number of aromatic nitrogens is 2. The molecule has 0 spiro atoms. The second kappa shape index (κ2) is 9.51. The first-order chi connectivity index (χ1) is 15.1. The molecule has 31 heavy (non-hydrogen) atoms. The summed E-state index contributed by atoms with van der Waals surface area (Å²) in [6.45, 7) is 1.17. The van der Waals surface area contributed by atoms with Gasteiger partial charge in [0.2, 0.25) is 17.6 Å². The minimum Gasteiger partial charge on any atom is -0.342 e. The molecular formula is C23H24N4O4. The van der Waals surface area contributed by atoms with E-state index < -0.39 is 4.92 Å². The normalized spacial score (nSPS) is 13.5. The molecule has 1 amide bonds. The van der Waals surface area contributed by atoms with E-state index in [1.165, 1.54) is 17.7 Å². The molecule has 4 rings (SSSR count). The lowest BCUT2D eigenvalue weighted by atomic mass is 9.84. The summed E-state index contributed by atoms with van der Waals surface area (Å²) in [7, 11) is 0. The van der Waals surface area contributed by atoms with Crippen molar-refractivity contribution in [1.82, 2.24) is 15.0 Å². The fourth-order valence-corrected chi connectivity index (χ4v) is 3.59. The van der Waals surface area contributed by atoms with Gasteiger partial charge in [-0.3, -0.25) is 14.9 Å². The fourth-order valence-electron chi connectivity index (χ4n) is 3.59. The van der Waals surface area contributed by atoms with Crippen LogP contribution in [0.2, 0.25) is 0 Å². The summed E-state index contributed by atoms with van der Waals surface area (Å²) in [5, 5.41) is 14.8. The van der Waals surface area contributed by atoms with Crippen molar-refractivity contribution in [3.05, 3.63) is 76.2 Å². The number of hydrogen-bond acceptors (Lipinski definition) is 6. The number of nitro groups is 1. The molecular weight excluding hydrogens is 396 g/mol. The molecule has 3 aromatic rings. The lowest BCUT2D eigenvalue weighted by Gasteiger charge is -2.31. The maximum absolute atomic E-state index is 12.9. The Bertz CT molecular complexity index is 1030. The Morgan fingerprint density at radius 3 is 2.42 bits per heavy atom. The minimum atomic E-state index is -0.450. The molecule has 0 aliphatic heterocycles. The van der Waals surface area contributed by atoms with Gasteiger partial charge in [-0.1, -0.05) is 41.9 Å². The van der Waals surface area contributed by atoms with Gasteiger partial charge in [0, 0.05) is 43.1 Å². The SMILES string of the molecule is O=C(C1CCC1)N(CCc1ccccc1)CCc1nc(-c2ccc([N+](=O)[O-])cc2)no1. The molecule has 1 heterocycles. The second-order valence-corrected chi connectivity index (χ2v) is 7.75. The second-order valence-electron chi connectivity index (χ2n) is 7.75. The van der Waals surface area contributed by atoms with E-state index in [2.05, 4.69) is 22.3 Å². The van der Waals surface area contributed by atoms with Gasteiger partial charge in [0.05, 0.1) is 4.92 Å². The third kappa shape index (κ3) is 5.14. The molecule has 1 fully saturated rings. The van der Waals surface area contributed by atoms with Crippen molar-refractivity contribution >= 4 is 11.6 Å². The first-order valence-corrected chi connectivity index (χ1v) is 10.5. The van der Waals surface area contributed by atoms with Crippen LogP contribution in [0.5, 0.6) is 0 Å². The standard InChI is InChI=1S/C23H24N4O4/c28-23(19-7-4-8-19)26(15-13-17-5-2-1-3-6-17)16-14-21-24-22(25-31-21)18-9-11-20(12-10-18)27(29)30/h1-3,5-6,9-12,19H,4,7-8,13-16H2. The summed E-state index contributed by atoms with van der Waals surface area (Å²) in [6, 6.07) is 16.1. The van der Waals surface area contributed by atoms with Crippen LogP contribution in [0.3, 0.4) is 0 Å². The Labute approximate surface area is 180 Å². The van der Waals surface area contributed by atoms with Crippen LogP contribution in [0.4, 0.5) is 5.69 Å². The average molecular weight is 420 g/mol. The molecule has 160 valence electrons. The zero-order valence-corrected chi connectivity index (χ0v) is 17.1. The van der Waals surface area contributed by atoms with Crippen LogP contribution in [-0.2, 0) is 17.6 Å². The Balaban J connectivity index is 1.39. The van der Waals surface area contributed by atoms with Crippen LogP contribution in [0.1, 0.15) is 30.7 Å². The Morgan fingerprint density at radius 1 is 1.06 bits per heavy atom. The highest BCUT2D eigenvalue weighted by molar-refractivity contribution is 5.79. The molecule has 1 saturated carbocycles. The van der Waals surface area contributed by atoms with Crippen molar-refractivity contribution in [2.24, 2.45) is 5.92 Å². The predicted octanol–water partition coefficient (Wildman–Crippen LogP) is 4.06. The number of rotatable bonds is 9. The van der Waals surface area contributed by atoms with Crippen molar-refractivity contribution < 1.29 is 14.2 Å². The van der Waals surface area contributed by atoms with Gasteiger partial charge in [-0.15, -0.1) is 0 Å². The van der Waals surface area contributed by atoms with Gasteiger partial charge in [0.25, 0.3) is 5.69 Å². The molecule has 1 aliphatic carbocycles. The molecule has 8 nitrogen and oxygen atoms in total. The number of benzene rings is 2. The van der Waals surface area contributed by atoms with Crippen molar-refractivity contribution in [2.75, 3.05) is 13.1 Å². The zero-order chi connectivity index (χ0) is 21.6. The number of nitrogens with zero attached hydrogens (tertiary/aromatic N) is 4. The maximum atomic E-state index is 12.9. The van der Waals surface area contributed by atoms with E-state index in [9.17, 15) is 14.9 Å². The highest BCUT2D eigenvalue weighted by Crippen LogP contribution is 2.28. The van der Waals surface area contributed by atoms with Crippen LogP contribution >= 0.6 is 0 Å². The summed E-state index contributed by atoms with van der Waals surface area (Å²) in [5.41, 5.74) is 1.86. The number of amides is 1.